The molecule has 0 amide bonds. The third-order valence-electron chi connectivity index (χ3n) is 5.92. The maximum absolute atomic E-state index is 12.0. The van der Waals surface area contributed by atoms with Crippen LogP contribution in [0.4, 0.5) is 28.7 Å². The van der Waals surface area contributed by atoms with Crippen molar-refractivity contribution in [2.24, 2.45) is 0 Å². The number of nitro groups is 1. The summed E-state index contributed by atoms with van der Waals surface area (Å²) < 4.78 is 0. The first-order valence-electron chi connectivity index (χ1n) is 10.4. The molecule has 0 atom stereocenters. The van der Waals surface area contributed by atoms with E-state index in [0.29, 0.717) is 29.6 Å². The molecule has 1 aliphatic rings. The highest BCUT2D eigenvalue weighted by Crippen LogP contribution is 2.35. The second-order valence-electron chi connectivity index (χ2n) is 7.93. The van der Waals surface area contributed by atoms with Gasteiger partial charge in [-0.25, -0.2) is 9.97 Å². The quantitative estimate of drug-likeness (QED) is 0.428. The van der Waals surface area contributed by atoms with Crippen molar-refractivity contribution in [3.05, 3.63) is 74.6 Å². The molecule has 0 radical (unpaired) electrons. The predicted molar refractivity (Wildman–Crippen MR) is 129 cm³/mol. The number of halogens is 1. The molecule has 9 heteroatoms. The topological polar surface area (TPSA) is 87.4 Å². The van der Waals surface area contributed by atoms with Gasteiger partial charge in [0.15, 0.2) is 0 Å². The SMILES string of the molecule is Cc1ccc(Nc2ncnc(N3CCN(c4cccc(C)c4C)CC3)c2[N+](=O)[O-])cc1Cl. The van der Waals surface area contributed by atoms with Crippen molar-refractivity contribution in [2.45, 2.75) is 20.8 Å². The van der Waals surface area contributed by atoms with E-state index in [1.165, 1.54) is 23.1 Å². The maximum Gasteiger partial charge on any atom is 0.353 e. The number of nitrogens with one attached hydrogen (secondary N) is 1. The molecule has 8 nitrogen and oxygen atoms in total. The Kier molecular flexibility index (Phi) is 6.14. The number of aromatic nitrogens is 2. The fraction of sp³-hybridized carbons (Fsp3) is 0.304. The number of benzene rings is 2. The van der Waals surface area contributed by atoms with Crippen molar-refractivity contribution in [1.29, 1.82) is 0 Å². The average Bonchev–Trinajstić information content (AvgIpc) is 2.78. The molecule has 4 rings (SSSR count). The minimum atomic E-state index is -0.426. The van der Waals surface area contributed by atoms with Crippen molar-refractivity contribution < 1.29 is 4.92 Å². The molecule has 1 aromatic heterocycles. The van der Waals surface area contributed by atoms with Crippen LogP contribution in [-0.4, -0.2) is 41.1 Å². The molecular weight excluding hydrogens is 428 g/mol. The monoisotopic (exact) mass is 452 g/mol. The summed E-state index contributed by atoms with van der Waals surface area (Å²) in [5, 5.41) is 15.6. The number of hydrogen-bond acceptors (Lipinski definition) is 7. The molecule has 32 heavy (non-hydrogen) atoms. The first-order chi connectivity index (χ1) is 15.3. The van der Waals surface area contributed by atoms with Crippen LogP contribution in [0.2, 0.25) is 5.02 Å². The second kappa shape index (κ2) is 9.00. The minimum absolute atomic E-state index is 0.135. The number of anilines is 4. The molecule has 166 valence electrons. The van der Waals surface area contributed by atoms with Crippen molar-refractivity contribution in [3.63, 3.8) is 0 Å². The van der Waals surface area contributed by atoms with Crippen molar-refractivity contribution in [1.82, 2.24) is 9.97 Å². The van der Waals surface area contributed by atoms with Crippen molar-refractivity contribution in [2.75, 3.05) is 41.3 Å². The van der Waals surface area contributed by atoms with Crippen LogP contribution < -0.4 is 15.1 Å². The van der Waals surface area contributed by atoms with Gasteiger partial charge < -0.3 is 15.1 Å². The molecule has 0 aliphatic carbocycles. The van der Waals surface area contributed by atoms with Gasteiger partial charge in [0.25, 0.3) is 0 Å². The lowest BCUT2D eigenvalue weighted by Gasteiger charge is -2.37. The van der Waals surface area contributed by atoms with E-state index in [9.17, 15) is 10.1 Å². The summed E-state index contributed by atoms with van der Waals surface area (Å²) in [5.74, 6) is 0.475. The molecule has 1 N–H and O–H groups in total. The van der Waals surface area contributed by atoms with Crippen molar-refractivity contribution in [3.8, 4) is 0 Å². The number of nitrogens with zero attached hydrogens (tertiary/aromatic N) is 5. The average molecular weight is 453 g/mol. The lowest BCUT2D eigenvalue weighted by atomic mass is 10.1. The Morgan fingerprint density at radius 2 is 1.72 bits per heavy atom. The number of rotatable bonds is 5. The predicted octanol–water partition coefficient (Wildman–Crippen LogP) is 5.03. The largest absolute Gasteiger partial charge is 0.368 e. The van der Waals surface area contributed by atoms with Gasteiger partial charge in [0.1, 0.15) is 6.33 Å². The van der Waals surface area contributed by atoms with E-state index in [1.807, 2.05) is 24.0 Å². The van der Waals surface area contributed by atoms with E-state index in [2.05, 4.69) is 52.2 Å². The zero-order valence-electron chi connectivity index (χ0n) is 18.3. The molecule has 0 spiro atoms. The summed E-state index contributed by atoms with van der Waals surface area (Å²) in [6.45, 7) is 8.89. The molecule has 2 heterocycles. The molecule has 1 fully saturated rings. The van der Waals surface area contributed by atoms with E-state index in [0.717, 1.165) is 18.7 Å². The number of piperazine rings is 1. The van der Waals surface area contributed by atoms with E-state index >= 15 is 0 Å². The Hall–Kier alpha value is -3.39. The van der Waals surface area contributed by atoms with Crippen molar-refractivity contribution >= 4 is 40.3 Å². The van der Waals surface area contributed by atoms with Gasteiger partial charge in [0.05, 0.1) is 4.92 Å². The van der Waals surface area contributed by atoms with Crippen LogP contribution in [0.5, 0.6) is 0 Å². The summed E-state index contributed by atoms with van der Waals surface area (Å²) in [6, 6.07) is 11.7. The van der Waals surface area contributed by atoms with Gasteiger partial charge >= 0.3 is 5.69 Å². The highest BCUT2D eigenvalue weighted by molar-refractivity contribution is 6.31. The molecule has 3 aromatic rings. The Morgan fingerprint density at radius 1 is 1.00 bits per heavy atom. The molecular formula is C23H25ClN6O2. The van der Waals surface area contributed by atoms with Crippen LogP contribution in [0.25, 0.3) is 0 Å². The minimum Gasteiger partial charge on any atom is -0.368 e. The third kappa shape index (κ3) is 4.31. The molecule has 1 saturated heterocycles. The Morgan fingerprint density at radius 3 is 2.41 bits per heavy atom. The van der Waals surface area contributed by atoms with Crippen LogP contribution in [0.1, 0.15) is 16.7 Å². The fourth-order valence-corrected chi connectivity index (χ4v) is 4.09. The second-order valence-corrected chi connectivity index (χ2v) is 8.34. The van der Waals surface area contributed by atoms with Gasteiger partial charge in [-0.1, -0.05) is 29.8 Å². The highest BCUT2D eigenvalue weighted by Gasteiger charge is 2.29. The summed E-state index contributed by atoms with van der Waals surface area (Å²) in [4.78, 5) is 24.3. The molecule has 0 bridgehead atoms. The van der Waals surface area contributed by atoms with Gasteiger partial charge in [-0.3, -0.25) is 10.1 Å². The van der Waals surface area contributed by atoms with E-state index in [4.69, 9.17) is 11.6 Å². The normalized spacial score (nSPS) is 13.9. The Labute approximate surface area is 192 Å². The fourth-order valence-electron chi connectivity index (χ4n) is 3.91. The highest BCUT2D eigenvalue weighted by atomic mass is 35.5. The maximum atomic E-state index is 12.0. The smallest absolute Gasteiger partial charge is 0.353 e. The van der Waals surface area contributed by atoms with E-state index in [1.54, 1.807) is 6.07 Å². The van der Waals surface area contributed by atoms with E-state index < -0.39 is 4.92 Å². The lowest BCUT2D eigenvalue weighted by molar-refractivity contribution is -0.383. The molecule has 0 saturated carbocycles. The zero-order chi connectivity index (χ0) is 22.8. The van der Waals surface area contributed by atoms with Crippen LogP contribution in [-0.2, 0) is 0 Å². The van der Waals surface area contributed by atoms with Crippen LogP contribution in [0, 0.1) is 30.9 Å². The van der Waals surface area contributed by atoms with Gasteiger partial charge in [-0.15, -0.1) is 0 Å². The molecule has 1 aliphatic heterocycles. The first kappa shape index (κ1) is 21.8. The van der Waals surface area contributed by atoms with E-state index in [-0.39, 0.29) is 11.5 Å². The zero-order valence-corrected chi connectivity index (χ0v) is 19.1. The number of aryl methyl sites for hydroxylation is 2. The first-order valence-corrected chi connectivity index (χ1v) is 10.8. The van der Waals surface area contributed by atoms with Gasteiger partial charge in [-0.2, -0.15) is 0 Å². The summed E-state index contributed by atoms with van der Waals surface area (Å²) in [7, 11) is 0. The Balaban J connectivity index is 1.57. The van der Waals surface area contributed by atoms with Gasteiger partial charge in [0.2, 0.25) is 11.6 Å². The van der Waals surface area contributed by atoms with Crippen LogP contribution >= 0.6 is 11.6 Å². The van der Waals surface area contributed by atoms with Crippen LogP contribution in [0.15, 0.2) is 42.7 Å². The summed E-state index contributed by atoms with van der Waals surface area (Å²) in [6.07, 6.45) is 1.36. The molecule has 0 unspecified atom stereocenters. The number of hydrogen-bond donors (Lipinski definition) is 1. The standard InChI is InChI=1S/C23H25ClN6O2/c1-15-5-4-6-20(17(15)3)28-9-11-29(12-10-28)23-21(30(31)32)22(25-14-26-23)27-18-8-7-16(2)19(24)13-18/h4-8,13-14H,9-12H2,1-3H3,(H,25,26,27). The van der Waals surface area contributed by atoms with Gasteiger partial charge in [-0.05, 0) is 55.7 Å². The third-order valence-corrected chi connectivity index (χ3v) is 6.32. The lowest BCUT2D eigenvalue weighted by Crippen LogP contribution is -2.47. The molecule has 2 aromatic carbocycles. The Bertz CT molecular complexity index is 1160. The summed E-state index contributed by atoms with van der Waals surface area (Å²) in [5.41, 5.74) is 5.15. The van der Waals surface area contributed by atoms with Gasteiger partial charge in [0, 0.05) is 42.6 Å². The summed E-state index contributed by atoms with van der Waals surface area (Å²) >= 11 is 6.20. The van der Waals surface area contributed by atoms with Crippen LogP contribution in [0.3, 0.4) is 0 Å².